The Hall–Kier alpha value is -4.31. The number of ether oxygens (including phenoxy) is 1. The second-order valence-corrected chi connectivity index (χ2v) is 10.7. The minimum Gasteiger partial charge on any atom is -0.479 e. The van der Waals surface area contributed by atoms with E-state index in [1.807, 2.05) is 19.9 Å². The van der Waals surface area contributed by atoms with Crippen LogP contribution in [-0.2, 0) is 19.9 Å². The van der Waals surface area contributed by atoms with Gasteiger partial charge in [0.15, 0.2) is 12.2 Å². The van der Waals surface area contributed by atoms with Crippen molar-refractivity contribution in [3.05, 3.63) is 89.0 Å². The molecule has 1 aliphatic heterocycles. The van der Waals surface area contributed by atoms with Crippen molar-refractivity contribution >= 4 is 35.1 Å². The highest BCUT2D eigenvalue weighted by Crippen LogP contribution is 2.39. The molecule has 4 atom stereocenters. The SMILES string of the molecule is CC(C)(NC1C[C@H](c2cccc(F)c2)N(c2ccc(OC(F)(F)F)cc2)C1=O)c1ccc(Cl)nc1.O=C(O)C(O)C(O)C(=O)O. The Kier molecular flexibility index (Phi) is 11.1. The molecule has 1 saturated heterocycles. The number of halogens is 5. The molecule has 1 aliphatic rings. The van der Waals surface area contributed by atoms with Crippen molar-refractivity contribution in [1.29, 1.82) is 0 Å². The van der Waals surface area contributed by atoms with Gasteiger partial charge in [0.25, 0.3) is 0 Å². The molecule has 1 fully saturated rings. The van der Waals surface area contributed by atoms with Crippen molar-refractivity contribution in [1.82, 2.24) is 10.3 Å². The molecule has 1 amide bonds. The standard InChI is InChI=1S/C25H22ClF4N3O2.C4H6O6/c1-24(2,16-6-11-22(26)31-14-16)32-20-13-21(15-4-3-5-17(27)12-15)33(23(20)34)18-7-9-19(10-8-18)35-25(28,29)30;5-1(3(7)8)2(6)4(9)10/h3-12,14,20-21,32H,13H2,1-2H3;1-2,5-6H,(H,7,8)(H,9,10)/t20?,21-;/m1./s1. The number of rotatable bonds is 9. The Morgan fingerprint density at radius 2 is 1.62 bits per heavy atom. The van der Waals surface area contributed by atoms with Crippen LogP contribution in [0.2, 0.25) is 5.15 Å². The Bertz CT molecular complexity index is 1490. The second-order valence-electron chi connectivity index (χ2n) is 10.3. The predicted octanol–water partition coefficient (Wildman–Crippen LogP) is 4.02. The Balaban J connectivity index is 0.000000477. The van der Waals surface area contributed by atoms with Gasteiger partial charge in [-0.2, -0.15) is 0 Å². The van der Waals surface area contributed by atoms with E-state index < -0.39 is 59.7 Å². The maximum atomic E-state index is 14.0. The fourth-order valence-electron chi connectivity index (χ4n) is 4.52. The van der Waals surface area contributed by atoms with Crippen molar-refractivity contribution < 1.29 is 57.1 Å². The van der Waals surface area contributed by atoms with E-state index in [0.29, 0.717) is 22.8 Å². The number of aliphatic carboxylic acids is 2. The van der Waals surface area contributed by atoms with E-state index in [0.717, 1.165) is 17.7 Å². The molecule has 16 heteroatoms. The summed E-state index contributed by atoms with van der Waals surface area (Å²) in [6.07, 6.45) is -7.43. The van der Waals surface area contributed by atoms with E-state index in [2.05, 4.69) is 15.0 Å². The summed E-state index contributed by atoms with van der Waals surface area (Å²) in [7, 11) is 0. The first kappa shape index (κ1) is 35.2. The number of aromatic nitrogens is 1. The summed E-state index contributed by atoms with van der Waals surface area (Å²) in [4.78, 5) is 38.7. The van der Waals surface area contributed by atoms with Gasteiger partial charge < -0.3 is 30.1 Å². The first-order valence-corrected chi connectivity index (χ1v) is 13.4. The monoisotopic (exact) mass is 657 g/mol. The fourth-order valence-corrected chi connectivity index (χ4v) is 4.63. The number of carbonyl (C=O) groups is 3. The third kappa shape index (κ3) is 9.34. The predicted molar refractivity (Wildman–Crippen MR) is 151 cm³/mol. The second kappa shape index (κ2) is 14.2. The highest BCUT2D eigenvalue weighted by Gasteiger charge is 2.43. The van der Waals surface area contributed by atoms with Crippen LogP contribution in [-0.4, -0.2) is 67.9 Å². The minimum absolute atomic E-state index is 0.293. The lowest BCUT2D eigenvalue weighted by Gasteiger charge is -2.30. The van der Waals surface area contributed by atoms with Crippen LogP contribution < -0.4 is 15.0 Å². The number of aliphatic hydroxyl groups is 2. The molecule has 3 unspecified atom stereocenters. The van der Waals surface area contributed by atoms with Crippen LogP contribution in [0, 0.1) is 5.82 Å². The van der Waals surface area contributed by atoms with Gasteiger partial charge in [-0.15, -0.1) is 13.2 Å². The van der Waals surface area contributed by atoms with E-state index >= 15 is 0 Å². The summed E-state index contributed by atoms with van der Waals surface area (Å²) in [6.45, 7) is 3.79. The van der Waals surface area contributed by atoms with Crippen LogP contribution in [0.15, 0.2) is 66.9 Å². The van der Waals surface area contributed by atoms with Gasteiger partial charge in [-0.3, -0.25) is 10.1 Å². The summed E-state index contributed by atoms with van der Waals surface area (Å²) in [5, 5.41) is 36.2. The number of nitrogens with one attached hydrogen (secondary N) is 1. The third-order valence-electron chi connectivity index (χ3n) is 6.68. The maximum absolute atomic E-state index is 14.0. The van der Waals surface area contributed by atoms with Crippen molar-refractivity contribution in [3.63, 3.8) is 0 Å². The minimum atomic E-state index is -4.83. The molecule has 0 radical (unpaired) electrons. The number of carboxylic acids is 2. The summed E-state index contributed by atoms with van der Waals surface area (Å²) < 4.78 is 55.6. The number of aliphatic hydroxyl groups excluding tert-OH is 2. The molecule has 3 aromatic rings. The molecule has 4 rings (SSSR count). The van der Waals surface area contributed by atoms with Crippen LogP contribution in [0.4, 0.5) is 23.2 Å². The summed E-state index contributed by atoms with van der Waals surface area (Å²) in [6, 6.07) is 13.2. The van der Waals surface area contributed by atoms with Gasteiger partial charge in [0.05, 0.1) is 12.1 Å². The van der Waals surface area contributed by atoms with Crippen LogP contribution in [0.5, 0.6) is 5.75 Å². The highest BCUT2D eigenvalue weighted by atomic mass is 35.5. The van der Waals surface area contributed by atoms with E-state index in [4.69, 9.17) is 32.0 Å². The number of hydrogen-bond donors (Lipinski definition) is 5. The Morgan fingerprint density at radius 1 is 1.02 bits per heavy atom. The molecule has 242 valence electrons. The third-order valence-corrected chi connectivity index (χ3v) is 6.90. The lowest BCUT2D eigenvalue weighted by molar-refractivity contribution is -0.274. The van der Waals surface area contributed by atoms with Gasteiger partial charge in [0, 0.05) is 17.4 Å². The number of benzene rings is 2. The average Bonchev–Trinajstić information content (AvgIpc) is 3.27. The van der Waals surface area contributed by atoms with Crippen molar-refractivity contribution in [2.75, 3.05) is 4.90 Å². The number of amides is 1. The summed E-state index contributed by atoms with van der Waals surface area (Å²) in [5.41, 5.74) is 1.09. The van der Waals surface area contributed by atoms with Crippen LogP contribution >= 0.6 is 11.6 Å². The molecule has 11 nitrogen and oxygen atoms in total. The lowest BCUT2D eigenvalue weighted by atomic mass is 9.93. The molecule has 0 saturated carbocycles. The van der Waals surface area contributed by atoms with Gasteiger partial charge in [-0.1, -0.05) is 29.8 Å². The number of pyridine rings is 1. The number of hydrogen-bond acceptors (Lipinski definition) is 8. The topological polar surface area (TPSA) is 170 Å². The number of nitrogens with zero attached hydrogens (tertiary/aromatic N) is 2. The fraction of sp³-hybridized carbons (Fsp3) is 0.310. The molecule has 0 spiro atoms. The molecule has 5 N–H and O–H groups in total. The molecule has 1 aromatic heterocycles. The molecular formula is C29H28ClF4N3O8. The lowest BCUT2D eigenvalue weighted by Crippen LogP contribution is -2.47. The smallest absolute Gasteiger partial charge is 0.479 e. The van der Waals surface area contributed by atoms with E-state index in [1.54, 1.807) is 24.4 Å². The molecule has 2 aromatic carbocycles. The zero-order chi connectivity index (χ0) is 33.7. The first-order chi connectivity index (χ1) is 20.9. The van der Waals surface area contributed by atoms with Crippen molar-refractivity contribution in [3.8, 4) is 5.75 Å². The first-order valence-electron chi connectivity index (χ1n) is 13.1. The summed E-state index contributed by atoms with van der Waals surface area (Å²) >= 11 is 5.89. The highest BCUT2D eigenvalue weighted by molar-refractivity contribution is 6.29. The van der Waals surface area contributed by atoms with E-state index in [9.17, 15) is 31.9 Å². The number of anilines is 1. The van der Waals surface area contributed by atoms with Gasteiger partial charge >= 0.3 is 18.3 Å². The van der Waals surface area contributed by atoms with Gasteiger partial charge in [0.1, 0.15) is 16.7 Å². The van der Waals surface area contributed by atoms with Gasteiger partial charge in [-0.05, 0) is 73.9 Å². The molecule has 0 aliphatic carbocycles. The quantitative estimate of drug-likeness (QED) is 0.167. The van der Waals surface area contributed by atoms with Crippen LogP contribution in [0.25, 0.3) is 0 Å². The largest absolute Gasteiger partial charge is 0.573 e. The van der Waals surface area contributed by atoms with Crippen LogP contribution in [0.3, 0.4) is 0 Å². The number of alkyl halides is 3. The Morgan fingerprint density at radius 3 is 2.11 bits per heavy atom. The zero-order valence-electron chi connectivity index (χ0n) is 23.6. The molecule has 2 heterocycles. The maximum Gasteiger partial charge on any atom is 0.573 e. The van der Waals surface area contributed by atoms with Crippen LogP contribution in [0.1, 0.15) is 37.4 Å². The van der Waals surface area contributed by atoms with Crippen molar-refractivity contribution in [2.24, 2.45) is 0 Å². The van der Waals surface area contributed by atoms with Gasteiger partial charge in [0.2, 0.25) is 5.91 Å². The number of carbonyl (C=O) groups excluding carboxylic acids is 1. The van der Waals surface area contributed by atoms with E-state index in [1.165, 1.54) is 29.2 Å². The average molecular weight is 658 g/mol. The molecule has 0 bridgehead atoms. The van der Waals surface area contributed by atoms with Crippen molar-refractivity contribution in [2.45, 2.75) is 56.5 Å². The summed E-state index contributed by atoms with van der Waals surface area (Å²) in [5.74, 6) is -4.68. The molecular weight excluding hydrogens is 630 g/mol. The zero-order valence-corrected chi connectivity index (χ0v) is 24.3. The normalized spacial score (nSPS) is 18.1. The number of carboxylic acid groups (broad SMARTS) is 2. The van der Waals surface area contributed by atoms with Gasteiger partial charge in [-0.25, -0.2) is 19.0 Å². The molecule has 45 heavy (non-hydrogen) atoms. The van der Waals surface area contributed by atoms with E-state index in [-0.39, 0.29) is 5.91 Å². The Labute approximate surface area is 258 Å².